The average molecular weight is 242 g/mol. The summed E-state index contributed by atoms with van der Waals surface area (Å²) in [4.78, 5) is 24.3. The molecule has 1 atom stereocenters. The highest BCUT2D eigenvalue weighted by Gasteiger charge is 2.17. The van der Waals surface area contributed by atoms with Crippen molar-refractivity contribution in [1.29, 1.82) is 0 Å². The Morgan fingerprint density at radius 2 is 2.06 bits per heavy atom. The maximum Gasteiger partial charge on any atom is 0.234 e. The number of amides is 2. The van der Waals surface area contributed by atoms with Gasteiger partial charge in [0.05, 0.1) is 6.54 Å². The number of carbonyl (C=O) groups excluding carboxylic acids is 2. The lowest BCUT2D eigenvalue weighted by molar-refractivity contribution is -0.123. The first-order valence-corrected chi connectivity index (χ1v) is 6.05. The van der Waals surface area contributed by atoms with Crippen LogP contribution >= 0.6 is 0 Å². The molecule has 2 amide bonds. The minimum atomic E-state index is -0.0739. The third-order valence-electron chi connectivity index (χ3n) is 2.64. The standard InChI is InChI=1S/C11H22N4O2/c1-9-7-15(6-5-12-9)8-11(17)14-4-3-13-10(2)16/h9,12H,3-8H2,1-2H3,(H,13,16)(H,14,17)/t9-/m0/s1. The summed E-state index contributed by atoms with van der Waals surface area (Å²) in [6.45, 7) is 7.72. The molecular formula is C11H22N4O2. The van der Waals surface area contributed by atoms with E-state index in [2.05, 4.69) is 27.8 Å². The van der Waals surface area contributed by atoms with E-state index >= 15 is 0 Å². The molecule has 98 valence electrons. The van der Waals surface area contributed by atoms with Crippen molar-refractivity contribution < 1.29 is 9.59 Å². The van der Waals surface area contributed by atoms with Crippen LogP contribution in [0.2, 0.25) is 0 Å². The Balaban J connectivity index is 2.09. The maximum atomic E-state index is 11.6. The zero-order valence-corrected chi connectivity index (χ0v) is 10.6. The second-order valence-electron chi connectivity index (χ2n) is 4.42. The fourth-order valence-corrected chi connectivity index (χ4v) is 1.86. The Morgan fingerprint density at radius 3 is 2.71 bits per heavy atom. The van der Waals surface area contributed by atoms with Crippen molar-refractivity contribution in [2.75, 3.05) is 39.3 Å². The maximum absolute atomic E-state index is 11.6. The third kappa shape index (κ3) is 6.23. The first kappa shape index (κ1) is 13.9. The van der Waals surface area contributed by atoms with E-state index < -0.39 is 0 Å². The van der Waals surface area contributed by atoms with E-state index in [-0.39, 0.29) is 11.8 Å². The molecule has 17 heavy (non-hydrogen) atoms. The van der Waals surface area contributed by atoms with Gasteiger partial charge in [-0.2, -0.15) is 0 Å². The molecular weight excluding hydrogens is 220 g/mol. The van der Waals surface area contributed by atoms with Crippen LogP contribution < -0.4 is 16.0 Å². The number of piperazine rings is 1. The van der Waals surface area contributed by atoms with Crippen LogP contribution in [0.5, 0.6) is 0 Å². The van der Waals surface area contributed by atoms with Gasteiger partial charge >= 0.3 is 0 Å². The first-order valence-electron chi connectivity index (χ1n) is 6.05. The number of rotatable bonds is 5. The summed E-state index contributed by atoms with van der Waals surface area (Å²) >= 11 is 0. The Morgan fingerprint density at radius 1 is 1.35 bits per heavy atom. The molecule has 0 aromatic carbocycles. The van der Waals surface area contributed by atoms with Crippen LogP contribution in [0.3, 0.4) is 0 Å². The molecule has 1 aliphatic heterocycles. The Bertz CT molecular complexity index is 270. The molecule has 0 unspecified atom stereocenters. The fraction of sp³-hybridized carbons (Fsp3) is 0.818. The summed E-state index contributed by atoms with van der Waals surface area (Å²) in [7, 11) is 0. The van der Waals surface area contributed by atoms with Gasteiger partial charge < -0.3 is 16.0 Å². The van der Waals surface area contributed by atoms with Crippen molar-refractivity contribution in [1.82, 2.24) is 20.9 Å². The summed E-state index contributed by atoms with van der Waals surface area (Å²) < 4.78 is 0. The van der Waals surface area contributed by atoms with E-state index in [4.69, 9.17) is 0 Å². The molecule has 0 aliphatic carbocycles. The van der Waals surface area contributed by atoms with E-state index in [1.807, 2.05) is 0 Å². The van der Waals surface area contributed by atoms with E-state index in [1.165, 1.54) is 6.92 Å². The monoisotopic (exact) mass is 242 g/mol. The van der Waals surface area contributed by atoms with Gasteiger partial charge in [-0.25, -0.2) is 0 Å². The van der Waals surface area contributed by atoms with Crippen LogP contribution in [0.15, 0.2) is 0 Å². The molecule has 0 aromatic heterocycles. The highest BCUT2D eigenvalue weighted by atomic mass is 16.2. The summed E-state index contributed by atoms with van der Waals surface area (Å²) in [5, 5.41) is 8.75. The molecule has 0 saturated carbocycles. The second-order valence-corrected chi connectivity index (χ2v) is 4.42. The van der Waals surface area contributed by atoms with Crippen molar-refractivity contribution in [2.24, 2.45) is 0 Å². The molecule has 1 aliphatic rings. The molecule has 1 fully saturated rings. The third-order valence-corrected chi connectivity index (χ3v) is 2.64. The Kier molecular flexibility index (Phi) is 5.93. The van der Waals surface area contributed by atoms with Crippen LogP contribution in [-0.2, 0) is 9.59 Å². The summed E-state index contributed by atoms with van der Waals surface area (Å²) in [5.41, 5.74) is 0. The van der Waals surface area contributed by atoms with Crippen molar-refractivity contribution in [3.63, 3.8) is 0 Å². The Labute approximate surface area is 102 Å². The predicted octanol–water partition coefficient (Wildman–Crippen LogP) is -1.47. The molecule has 6 heteroatoms. The molecule has 3 N–H and O–H groups in total. The number of hydrogen-bond acceptors (Lipinski definition) is 4. The highest BCUT2D eigenvalue weighted by molar-refractivity contribution is 5.78. The smallest absolute Gasteiger partial charge is 0.234 e. The molecule has 1 rings (SSSR count). The van der Waals surface area contributed by atoms with Crippen LogP contribution in [0, 0.1) is 0 Å². The molecule has 0 radical (unpaired) electrons. The van der Waals surface area contributed by atoms with Crippen molar-refractivity contribution in [2.45, 2.75) is 19.9 Å². The molecule has 1 heterocycles. The van der Waals surface area contributed by atoms with E-state index in [0.29, 0.717) is 25.7 Å². The topological polar surface area (TPSA) is 73.5 Å². The van der Waals surface area contributed by atoms with Gasteiger partial charge in [0.15, 0.2) is 0 Å². The molecule has 0 bridgehead atoms. The molecule has 1 saturated heterocycles. The average Bonchev–Trinajstić information content (AvgIpc) is 2.24. The normalized spacial score (nSPS) is 20.9. The zero-order chi connectivity index (χ0) is 12.7. The quantitative estimate of drug-likeness (QED) is 0.515. The zero-order valence-electron chi connectivity index (χ0n) is 10.6. The number of carbonyl (C=O) groups is 2. The van der Waals surface area contributed by atoms with Crippen molar-refractivity contribution >= 4 is 11.8 Å². The van der Waals surface area contributed by atoms with Gasteiger partial charge in [0.1, 0.15) is 0 Å². The lowest BCUT2D eigenvalue weighted by atomic mass is 10.2. The molecule has 0 aromatic rings. The van der Waals surface area contributed by atoms with Gasteiger partial charge in [-0.1, -0.05) is 0 Å². The van der Waals surface area contributed by atoms with Gasteiger partial charge in [-0.05, 0) is 6.92 Å². The lowest BCUT2D eigenvalue weighted by Crippen LogP contribution is -2.52. The molecule has 6 nitrogen and oxygen atoms in total. The highest BCUT2D eigenvalue weighted by Crippen LogP contribution is 1.97. The van der Waals surface area contributed by atoms with Crippen molar-refractivity contribution in [3.8, 4) is 0 Å². The minimum Gasteiger partial charge on any atom is -0.355 e. The summed E-state index contributed by atoms with van der Waals surface area (Å²) in [6.07, 6.45) is 0. The Hall–Kier alpha value is -1.14. The number of nitrogens with zero attached hydrogens (tertiary/aromatic N) is 1. The predicted molar refractivity (Wildman–Crippen MR) is 65.6 cm³/mol. The van der Waals surface area contributed by atoms with Gasteiger partial charge in [0.25, 0.3) is 0 Å². The van der Waals surface area contributed by atoms with Crippen LogP contribution in [0.25, 0.3) is 0 Å². The van der Waals surface area contributed by atoms with Crippen LogP contribution in [-0.4, -0.2) is 62.0 Å². The van der Waals surface area contributed by atoms with E-state index in [9.17, 15) is 9.59 Å². The van der Waals surface area contributed by atoms with Crippen molar-refractivity contribution in [3.05, 3.63) is 0 Å². The summed E-state index contributed by atoms with van der Waals surface area (Å²) in [6, 6.07) is 0.441. The summed E-state index contributed by atoms with van der Waals surface area (Å²) in [5.74, 6) is -0.0559. The molecule has 0 spiro atoms. The van der Waals surface area contributed by atoms with E-state index in [0.717, 1.165) is 19.6 Å². The van der Waals surface area contributed by atoms with Gasteiger partial charge in [0, 0.05) is 45.7 Å². The SMILES string of the molecule is CC(=O)NCCNC(=O)CN1CCN[C@@H](C)C1. The fourth-order valence-electron chi connectivity index (χ4n) is 1.86. The largest absolute Gasteiger partial charge is 0.355 e. The minimum absolute atomic E-state index is 0.0180. The van der Waals surface area contributed by atoms with Crippen LogP contribution in [0.1, 0.15) is 13.8 Å². The van der Waals surface area contributed by atoms with E-state index in [1.54, 1.807) is 0 Å². The lowest BCUT2D eigenvalue weighted by Gasteiger charge is -2.31. The van der Waals surface area contributed by atoms with Gasteiger partial charge in [0.2, 0.25) is 11.8 Å². The second kappa shape index (κ2) is 7.24. The first-order chi connectivity index (χ1) is 8.08. The van der Waals surface area contributed by atoms with Crippen LogP contribution in [0.4, 0.5) is 0 Å². The number of hydrogen-bond donors (Lipinski definition) is 3. The van der Waals surface area contributed by atoms with Gasteiger partial charge in [-0.3, -0.25) is 14.5 Å². The number of nitrogens with one attached hydrogen (secondary N) is 3. The van der Waals surface area contributed by atoms with Gasteiger partial charge in [-0.15, -0.1) is 0 Å².